The molecule has 1 fully saturated rings. The molecule has 1 saturated heterocycles. The molecule has 2 rings (SSSR count). The number of rotatable bonds is 4. The lowest BCUT2D eigenvalue weighted by Gasteiger charge is -2.23. The molecule has 0 spiro atoms. The second-order valence-electron chi connectivity index (χ2n) is 5.12. The molecule has 2 heterocycles. The fraction of sp³-hybridized carbons (Fsp3) is 0.571. The molecule has 1 aliphatic rings. The van der Waals surface area contributed by atoms with Gasteiger partial charge >= 0.3 is 0 Å². The van der Waals surface area contributed by atoms with Gasteiger partial charge in [0.25, 0.3) is 5.91 Å². The maximum Gasteiger partial charge on any atom is 0.251 e. The molecule has 0 aliphatic carbocycles. The van der Waals surface area contributed by atoms with Crippen LogP contribution >= 0.6 is 11.6 Å². The monoisotopic (exact) mass is 281 g/mol. The molecule has 1 aliphatic heterocycles. The number of nitrogens with one attached hydrogen (secondary N) is 1. The van der Waals surface area contributed by atoms with E-state index in [1.807, 2.05) is 6.92 Å². The van der Waals surface area contributed by atoms with Crippen LogP contribution in [0.4, 0.5) is 0 Å². The first-order valence-electron chi connectivity index (χ1n) is 6.72. The van der Waals surface area contributed by atoms with E-state index in [-0.39, 0.29) is 5.91 Å². The average molecular weight is 282 g/mol. The number of aromatic nitrogens is 1. The number of nitrogens with zero attached hydrogens (tertiary/aromatic N) is 2. The molecule has 1 atom stereocenters. The molecule has 0 bridgehead atoms. The lowest BCUT2D eigenvalue weighted by Crippen LogP contribution is -2.40. The van der Waals surface area contributed by atoms with E-state index in [1.165, 1.54) is 12.8 Å². The Labute approximate surface area is 119 Å². The predicted octanol–water partition coefficient (Wildman–Crippen LogP) is 2.26. The highest BCUT2D eigenvalue weighted by atomic mass is 35.5. The molecule has 1 unspecified atom stereocenters. The lowest BCUT2D eigenvalue weighted by atomic mass is 10.2. The Balaban J connectivity index is 1.89. The van der Waals surface area contributed by atoms with Gasteiger partial charge in [-0.05, 0) is 51.9 Å². The van der Waals surface area contributed by atoms with E-state index >= 15 is 0 Å². The second-order valence-corrected chi connectivity index (χ2v) is 5.51. The normalized spacial score (nSPS) is 17.4. The Hall–Kier alpha value is -1.13. The number of aryl methyl sites for hydroxylation is 1. The van der Waals surface area contributed by atoms with Crippen molar-refractivity contribution in [3.8, 4) is 0 Å². The summed E-state index contributed by atoms with van der Waals surface area (Å²) < 4.78 is 0. The first kappa shape index (κ1) is 14.3. The van der Waals surface area contributed by atoms with E-state index in [9.17, 15) is 4.79 Å². The molecule has 104 valence electrons. The van der Waals surface area contributed by atoms with Crippen molar-refractivity contribution in [2.24, 2.45) is 0 Å². The number of amides is 1. The van der Waals surface area contributed by atoms with Gasteiger partial charge in [-0.15, -0.1) is 0 Å². The smallest absolute Gasteiger partial charge is 0.251 e. The summed E-state index contributed by atoms with van der Waals surface area (Å²) in [5.74, 6) is -0.0848. The SMILES string of the molecule is Cc1cc(C(=O)NCC(C)N2CCCC2)cc(Cl)n1. The van der Waals surface area contributed by atoms with Crippen LogP contribution in [0.15, 0.2) is 12.1 Å². The zero-order chi connectivity index (χ0) is 13.8. The minimum Gasteiger partial charge on any atom is -0.350 e. The van der Waals surface area contributed by atoms with Gasteiger partial charge < -0.3 is 5.32 Å². The molecular weight excluding hydrogens is 262 g/mol. The Morgan fingerprint density at radius 3 is 2.79 bits per heavy atom. The van der Waals surface area contributed by atoms with Crippen molar-refractivity contribution in [2.45, 2.75) is 32.7 Å². The van der Waals surface area contributed by atoms with E-state index in [0.717, 1.165) is 18.8 Å². The Kier molecular flexibility index (Phi) is 4.77. The molecule has 5 heteroatoms. The Bertz CT molecular complexity index is 438. The summed E-state index contributed by atoms with van der Waals surface area (Å²) >= 11 is 5.86. The van der Waals surface area contributed by atoms with Gasteiger partial charge in [-0.2, -0.15) is 0 Å². The van der Waals surface area contributed by atoms with Crippen LogP contribution in [-0.4, -0.2) is 41.5 Å². The standard InChI is InChI=1S/C14H20ClN3O/c1-10-7-12(8-13(15)17-10)14(19)16-9-11(2)18-5-3-4-6-18/h7-8,11H,3-6,9H2,1-2H3,(H,16,19). The molecule has 1 aromatic rings. The van der Waals surface area contributed by atoms with Gasteiger partial charge in [0.2, 0.25) is 0 Å². The highest BCUT2D eigenvalue weighted by Crippen LogP contribution is 2.12. The van der Waals surface area contributed by atoms with Crippen LogP contribution < -0.4 is 5.32 Å². The fourth-order valence-corrected chi connectivity index (χ4v) is 2.66. The fourth-order valence-electron chi connectivity index (χ4n) is 2.41. The van der Waals surface area contributed by atoms with Crippen LogP contribution in [-0.2, 0) is 0 Å². The highest BCUT2D eigenvalue weighted by Gasteiger charge is 2.18. The van der Waals surface area contributed by atoms with Crippen molar-refractivity contribution in [3.63, 3.8) is 0 Å². The lowest BCUT2D eigenvalue weighted by molar-refractivity contribution is 0.0940. The molecule has 1 N–H and O–H groups in total. The van der Waals surface area contributed by atoms with Crippen LogP contribution in [0.25, 0.3) is 0 Å². The van der Waals surface area contributed by atoms with Crippen LogP contribution in [0, 0.1) is 6.92 Å². The first-order chi connectivity index (χ1) is 9.06. The van der Waals surface area contributed by atoms with E-state index in [1.54, 1.807) is 12.1 Å². The van der Waals surface area contributed by atoms with E-state index < -0.39 is 0 Å². The Morgan fingerprint density at radius 2 is 2.16 bits per heavy atom. The molecule has 4 nitrogen and oxygen atoms in total. The van der Waals surface area contributed by atoms with Gasteiger partial charge in [0.05, 0.1) is 0 Å². The predicted molar refractivity (Wildman–Crippen MR) is 76.6 cm³/mol. The number of carbonyl (C=O) groups is 1. The maximum atomic E-state index is 12.1. The van der Waals surface area contributed by atoms with Crippen molar-refractivity contribution in [2.75, 3.05) is 19.6 Å². The van der Waals surface area contributed by atoms with Gasteiger partial charge in [0.15, 0.2) is 0 Å². The Morgan fingerprint density at radius 1 is 1.47 bits per heavy atom. The third-order valence-electron chi connectivity index (χ3n) is 3.51. The topological polar surface area (TPSA) is 45.2 Å². The minimum atomic E-state index is -0.0848. The molecule has 1 amide bonds. The van der Waals surface area contributed by atoms with E-state index in [2.05, 4.69) is 22.1 Å². The molecule has 0 aromatic carbocycles. The van der Waals surface area contributed by atoms with Crippen LogP contribution in [0.3, 0.4) is 0 Å². The van der Waals surface area contributed by atoms with Crippen molar-refractivity contribution < 1.29 is 4.79 Å². The third-order valence-corrected chi connectivity index (χ3v) is 3.70. The summed E-state index contributed by atoms with van der Waals surface area (Å²) in [7, 11) is 0. The van der Waals surface area contributed by atoms with Gasteiger partial charge in [0, 0.05) is 23.8 Å². The van der Waals surface area contributed by atoms with Gasteiger partial charge in [-0.25, -0.2) is 4.98 Å². The maximum absolute atomic E-state index is 12.1. The zero-order valence-electron chi connectivity index (χ0n) is 11.4. The van der Waals surface area contributed by atoms with Crippen LogP contribution in [0.2, 0.25) is 5.15 Å². The highest BCUT2D eigenvalue weighted by molar-refractivity contribution is 6.29. The molecule has 0 radical (unpaired) electrons. The summed E-state index contributed by atoms with van der Waals surface area (Å²) in [6, 6.07) is 3.73. The van der Waals surface area contributed by atoms with Crippen LogP contribution in [0.1, 0.15) is 35.8 Å². The molecule has 19 heavy (non-hydrogen) atoms. The van der Waals surface area contributed by atoms with Gasteiger partial charge in [-0.3, -0.25) is 9.69 Å². The van der Waals surface area contributed by atoms with Gasteiger partial charge in [-0.1, -0.05) is 11.6 Å². The van der Waals surface area contributed by atoms with E-state index in [4.69, 9.17) is 11.6 Å². The zero-order valence-corrected chi connectivity index (χ0v) is 12.2. The van der Waals surface area contributed by atoms with Crippen molar-refractivity contribution in [1.82, 2.24) is 15.2 Å². The summed E-state index contributed by atoms with van der Waals surface area (Å²) in [4.78, 5) is 18.5. The largest absolute Gasteiger partial charge is 0.350 e. The third kappa shape index (κ3) is 3.91. The summed E-state index contributed by atoms with van der Waals surface area (Å²) in [5, 5.41) is 3.32. The summed E-state index contributed by atoms with van der Waals surface area (Å²) in [5.41, 5.74) is 1.33. The number of hydrogen-bond acceptors (Lipinski definition) is 3. The number of hydrogen-bond donors (Lipinski definition) is 1. The summed E-state index contributed by atoms with van der Waals surface area (Å²) in [6.45, 7) is 6.91. The summed E-state index contributed by atoms with van der Waals surface area (Å²) in [6.07, 6.45) is 2.52. The molecular formula is C14H20ClN3O. The van der Waals surface area contributed by atoms with Gasteiger partial charge in [0.1, 0.15) is 5.15 Å². The van der Waals surface area contributed by atoms with E-state index in [0.29, 0.717) is 23.3 Å². The van der Waals surface area contributed by atoms with Crippen molar-refractivity contribution in [3.05, 3.63) is 28.5 Å². The van der Waals surface area contributed by atoms with Crippen LogP contribution in [0.5, 0.6) is 0 Å². The first-order valence-corrected chi connectivity index (χ1v) is 7.10. The minimum absolute atomic E-state index is 0.0848. The second kappa shape index (κ2) is 6.35. The van der Waals surface area contributed by atoms with Crippen molar-refractivity contribution in [1.29, 1.82) is 0 Å². The average Bonchev–Trinajstić information content (AvgIpc) is 2.88. The number of carbonyl (C=O) groups excluding carboxylic acids is 1. The quantitative estimate of drug-likeness (QED) is 0.861. The number of halogens is 1. The number of likely N-dealkylation sites (tertiary alicyclic amines) is 1. The molecule has 0 saturated carbocycles. The number of pyridine rings is 1. The molecule has 1 aromatic heterocycles. The van der Waals surface area contributed by atoms with Crippen molar-refractivity contribution >= 4 is 17.5 Å².